The van der Waals surface area contributed by atoms with E-state index in [4.69, 9.17) is 0 Å². The molecule has 1 atom stereocenters. The molecule has 1 saturated heterocycles. The quantitative estimate of drug-likeness (QED) is 0.741. The minimum Gasteiger partial charge on any atom is -0.369 e. The number of amides is 1. The first-order valence-electron chi connectivity index (χ1n) is 9.83. The van der Waals surface area contributed by atoms with Crippen LogP contribution in [0.1, 0.15) is 40.3 Å². The SMILES string of the molecule is CC(NC(=O)c1n[nH]c2c1CNCC2)c1cc(F)ccc1N1CCN(C)CC1. The Balaban J connectivity index is 1.54. The van der Waals surface area contributed by atoms with Crippen molar-refractivity contribution in [1.29, 1.82) is 0 Å². The fourth-order valence-corrected chi connectivity index (χ4v) is 3.96. The van der Waals surface area contributed by atoms with Crippen LogP contribution in [0.2, 0.25) is 0 Å². The number of nitrogens with one attached hydrogen (secondary N) is 3. The monoisotopic (exact) mass is 386 g/mol. The van der Waals surface area contributed by atoms with Crippen molar-refractivity contribution < 1.29 is 9.18 Å². The van der Waals surface area contributed by atoms with Crippen LogP contribution in [0.25, 0.3) is 0 Å². The Hall–Kier alpha value is -2.45. The zero-order valence-electron chi connectivity index (χ0n) is 16.4. The van der Waals surface area contributed by atoms with Gasteiger partial charge in [-0.2, -0.15) is 5.10 Å². The molecular formula is C20H27FN6O. The van der Waals surface area contributed by atoms with Crippen LogP contribution in [-0.2, 0) is 13.0 Å². The Kier molecular flexibility index (Phi) is 5.32. The minimum absolute atomic E-state index is 0.234. The number of hydrogen-bond acceptors (Lipinski definition) is 5. The van der Waals surface area contributed by atoms with E-state index in [0.717, 1.165) is 61.7 Å². The maximum absolute atomic E-state index is 14.0. The van der Waals surface area contributed by atoms with Gasteiger partial charge in [-0.15, -0.1) is 0 Å². The number of hydrogen-bond donors (Lipinski definition) is 3. The number of likely N-dealkylation sites (N-methyl/N-ethyl adjacent to an activating group) is 1. The van der Waals surface area contributed by atoms with E-state index in [1.54, 1.807) is 0 Å². The Labute approximate surface area is 164 Å². The molecule has 7 nitrogen and oxygen atoms in total. The smallest absolute Gasteiger partial charge is 0.272 e. The molecule has 0 aliphatic carbocycles. The molecule has 2 aliphatic rings. The summed E-state index contributed by atoms with van der Waals surface area (Å²) in [7, 11) is 2.10. The normalized spacial score (nSPS) is 18.6. The Morgan fingerprint density at radius 3 is 2.86 bits per heavy atom. The lowest BCUT2D eigenvalue weighted by Gasteiger charge is -2.36. The maximum atomic E-state index is 14.0. The van der Waals surface area contributed by atoms with Gasteiger partial charge in [-0.3, -0.25) is 9.89 Å². The van der Waals surface area contributed by atoms with E-state index in [2.05, 4.69) is 37.7 Å². The average Bonchev–Trinajstić information content (AvgIpc) is 3.13. The number of halogens is 1. The number of anilines is 1. The van der Waals surface area contributed by atoms with Gasteiger partial charge in [-0.05, 0) is 32.2 Å². The lowest BCUT2D eigenvalue weighted by atomic mass is 10.0. The molecule has 0 radical (unpaired) electrons. The molecule has 1 aromatic heterocycles. The van der Waals surface area contributed by atoms with Crippen LogP contribution < -0.4 is 15.5 Å². The van der Waals surface area contributed by atoms with E-state index in [9.17, 15) is 9.18 Å². The summed E-state index contributed by atoms with van der Waals surface area (Å²) in [4.78, 5) is 17.4. The molecule has 3 N–H and O–H groups in total. The number of benzene rings is 1. The van der Waals surface area contributed by atoms with Crippen molar-refractivity contribution in [2.75, 3.05) is 44.7 Å². The van der Waals surface area contributed by atoms with Crippen molar-refractivity contribution in [1.82, 2.24) is 25.7 Å². The summed E-state index contributed by atoms with van der Waals surface area (Å²) in [6.45, 7) is 7.10. The molecule has 8 heteroatoms. The third-order valence-electron chi connectivity index (χ3n) is 5.67. The molecule has 4 rings (SSSR count). The fraction of sp³-hybridized carbons (Fsp3) is 0.500. The van der Waals surface area contributed by atoms with Crippen molar-refractivity contribution in [3.8, 4) is 0 Å². The summed E-state index contributed by atoms with van der Waals surface area (Å²) in [5, 5.41) is 13.5. The molecule has 2 aliphatic heterocycles. The van der Waals surface area contributed by atoms with E-state index in [1.807, 2.05) is 13.0 Å². The van der Waals surface area contributed by atoms with Gasteiger partial charge in [-0.1, -0.05) is 0 Å². The Bertz CT molecular complexity index is 858. The molecule has 1 unspecified atom stereocenters. The van der Waals surface area contributed by atoms with Gasteiger partial charge in [0.1, 0.15) is 5.82 Å². The van der Waals surface area contributed by atoms with Gasteiger partial charge in [0, 0.05) is 68.2 Å². The number of nitrogens with zero attached hydrogens (tertiary/aromatic N) is 3. The van der Waals surface area contributed by atoms with Gasteiger partial charge in [0.2, 0.25) is 0 Å². The fourth-order valence-electron chi connectivity index (χ4n) is 3.96. The van der Waals surface area contributed by atoms with Gasteiger partial charge in [0.15, 0.2) is 5.69 Å². The van der Waals surface area contributed by atoms with Gasteiger partial charge in [0.05, 0.1) is 6.04 Å². The largest absolute Gasteiger partial charge is 0.369 e. The van der Waals surface area contributed by atoms with Crippen molar-refractivity contribution in [2.24, 2.45) is 0 Å². The number of H-pyrrole nitrogens is 1. The van der Waals surface area contributed by atoms with Crippen molar-refractivity contribution in [3.63, 3.8) is 0 Å². The van der Waals surface area contributed by atoms with E-state index in [0.29, 0.717) is 12.2 Å². The third kappa shape index (κ3) is 3.74. The zero-order valence-corrected chi connectivity index (χ0v) is 16.4. The highest BCUT2D eigenvalue weighted by atomic mass is 19.1. The summed E-state index contributed by atoms with van der Waals surface area (Å²) in [6, 6.07) is 4.50. The van der Waals surface area contributed by atoms with Crippen LogP contribution in [0.15, 0.2) is 18.2 Å². The second-order valence-electron chi connectivity index (χ2n) is 7.64. The predicted octanol–water partition coefficient (Wildman–Crippen LogP) is 1.44. The second-order valence-corrected chi connectivity index (χ2v) is 7.64. The zero-order chi connectivity index (χ0) is 19.7. The number of carbonyl (C=O) groups is 1. The Morgan fingerprint density at radius 2 is 2.07 bits per heavy atom. The van der Waals surface area contributed by atoms with Crippen molar-refractivity contribution >= 4 is 11.6 Å². The van der Waals surface area contributed by atoms with Gasteiger partial charge < -0.3 is 20.4 Å². The number of piperazine rings is 1. The first kappa shape index (κ1) is 18.9. The molecule has 1 aromatic carbocycles. The predicted molar refractivity (Wildman–Crippen MR) is 106 cm³/mol. The van der Waals surface area contributed by atoms with Crippen LogP contribution in [0.3, 0.4) is 0 Å². The van der Waals surface area contributed by atoms with Crippen LogP contribution in [-0.4, -0.2) is 60.8 Å². The van der Waals surface area contributed by atoms with Gasteiger partial charge in [-0.25, -0.2) is 4.39 Å². The lowest BCUT2D eigenvalue weighted by molar-refractivity contribution is 0.0933. The lowest BCUT2D eigenvalue weighted by Crippen LogP contribution is -2.45. The number of rotatable bonds is 4. The second kappa shape index (κ2) is 7.89. The standard InChI is InChI=1S/C20H27FN6O/c1-13(23-20(28)19-16-12-22-6-5-17(16)24-25-19)15-11-14(21)3-4-18(15)27-9-7-26(2)8-10-27/h3-4,11,13,22H,5-10,12H2,1-2H3,(H,23,28)(H,24,25). The molecule has 0 bridgehead atoms. The summed E-state index contributed by atoms with van der Waals surface area (Å²) in [5.74, 6) is -0.530. The van der Waals surface area contributed by atoms with E-state index in [1.165, 1.54) is 12.1 Å². The van der Waals surface area contributed by atoms with Crippen molar-refractivity contribution in [3.05, 3.63) is 46.5 Å². The minimum atomic E-state index is -0.332. The first-order chi connectivity index (χ1) is 13.5. The number of aromatic nitrogens is 2. The van der Waals surface area contributed by atoms with Gasteiger partial charge in [0.25, 0.3) is 5.91 Å². The van der Waals surface area contributed by atoms with E-state index >= 15 is 0 Å². The molecule has 1 amide bonds. The Morgan fingerprint density at radius 1 is 1.29 bits per heavy atom. The van der Waals surface area contributed by atoms with Crippen molar-refractivity contribution in [2.45, 2.75) is 25.9 Å². The summed E-state index contributed by atoms with van der Waals surface area (Å²) in [6.07, 6.45) is 0.836. The van der Waals surface area contributed by atoms with Gasteiger partial charge >= 0.3 is 0 Å². The molecule has 3 heterocycles. The molecule has 2 aromatic rings. The van der Waals surface area contributed by atoms with Crippen LogP contribution >= 0.6 is 0 Å². The van der Waals surface area contributed by atoms with E-state index < -0.39 is 0 Å². The topological polar surface area (TPSA) is 76.3 Å². The first-order valence-corrected chi connectivity index (χ1v) is 9.83. The molecular weight excluding hydrogens is 359 g/mol. The van der Waals surface area contributed by atoms with Crippen LogP contribution in [0, 0.1) is 5.82 Å². The third-order valence-corrected chi connectivity index (χ3v) is 5.67. The highest BCUT2D eigenvalue weighted by Crippen LogP contribution is 2.29. The molecule has 0 spiro atoms. The highest BCUT2D eigenvalue weighted by Gasteiger charge is 2.25. The highest BCUT2D eigenvalue weighted by molar-refractivity contribution is 5.94. The molecule has 150 valence electrons. The van der Waals surface area contributed by atoms with Crippen LogP contribution in [0.5, 0.6) is 0 Å². The average molecular weight is 386 g/mol. The number of fused-ring (bicyclic) bond motifs is 1. The summed E-state index contributed by atoms with van der Waals surface area (Å²) in [5.41, 5.74) is 4.13. The maximum Gasteiger partial charge on any atom is 0.272 e. The number of carbonyl (C=O) groups excluding carboxylic acids is 1. The van der Waals surface area contributed by atoms with E-state index in [-0.39, 0.29) is 17.8 Å². The summed E-state index contributed by atoms with van der Waals surface area (Å²) >= 11 is 0. The number of aromatic amines is 1. The molecule has 1 fully saturated rings. The molecule has 0 saturated carbocycles. The van der Waals surface area contributed by atoms with Crippen LogP contribution in [0.4, 0.5) is 10.1 Å². The molecule has 28 heavy (non-hydrogen) atoms. The summed E-state index contributed by atoms with van der Waals surface area (Å²) < 4.78 is 14.0.